The number of hydrogen-bond donors (Lipinski definition) is 1. The van der Waals surface area contributed by atoms with Gasteiger partial charge in [0.15, 0.2) is 0 Å². The highest BCUT2D eigenvalue weighted by Crippen LogP contribution is 2.16. The first-order chi connectivity index (χ1) is 8.76. The zero-order chi connectivity index (χ0) is 13.0. The van der Waals surface area contributed by atoms with E-state index in [4.69, 9.17) is 0 Å². The molecule has 0 spiro atoms. The SMILES string of the molecule is CCCc1nc2ccccc2n1CC(=O)NCC. The van der Waals surface area contributed by atoms with E-state index < -0.39 is 0 Å². The summed E-state index contributed by atoms with van der Waals surface area (Å²) in [6, 6.07) is 7.96. The molecule has 0 unspecified atom stereocenters. The maximum atomic E-state index is 11.8. The molecule has 2 aromatic rings. The predicted molar refractivity (Wildman–Crippen MR) is 72.4 cm³/mol. The molecule has 4 heteroatoms. The Hall–Kier alpha value is -1.84. The fraction of sp³-hybridized carbons (Fsp3) is 0.429. The summed E-state index contributed by atoms with van der Waals surface area (Å²) < 4.78 is 2.02. The molecule has 0 aliphatic carbocycles. The minimum absolute atomic E-state index is 0.0398. The molecule has 1 amide bonds. The van der Waals surface area contributed by atoms with Gasteiger partial charge >= 0.3 is 0 Å². The third-order valence-electron chi connectivity index (χ3n) is 2.88. The number of likely N-dealkylation sites (N-methyl/N-ethyl adjacent to an activating group) is 1. The van der Waals surface area contributed by atoms with Crippen LogP contribution >= 0.6 is 0 Å². The van der Waals surface area contributed by atoms with Gasteiger partial charge < -0.3 is 9.88 Å². The van der Waals surface area contributed by atoms with Crippen molar-refractivity contribution in [2.45, 2.75) is 33.2 Å². The standard InChI is InChI=1S/C14H19N3O/c1-3-7-13-16-11-8-5-6-9-12(11)17(13)10-14(18)15-4-2/h5-6,8-9H,3-4,7,10H2,1-2H3,(H,15,18). The third kappa shape index (κ3) is 2.53. The van der Waals surface area contributed by atoms with Gasteiger partial charge in [-0.15, -0.1) is 0 Å². The van der Waals surface area contributed by atoms with Crippen LogP contribution in [0.4, 0.5) is 0 Å². The van der Waals surface area contributed by atoms with E-state index in [1.807, 2.05) is 35.8 Å². The van der Waals surface area contributed by atoms with Crippen LogP contribution in [0.1, 0.15) is 26.1 Å². The molecule has 4 nitrogen and oxygen atoms in total. The first kappa shape index (κ1) is 12.6. The van der Waals surface area contributed by atoms with Gasteiger partial charge in [-0.1, -0.05) is 19.1 Å². The lowest BCUT2D eigenvalue weighted by Crippen LogP contribution is -2.27. The van der Waals surface area contributed by atoms with Gasteiger partial charge in [0.25, 0.3) is 0 Å². The summed E-state index contributed by atoms with van der Waals surface area (Å²) in [5.41, 5.74) is 2.00. The number of hydrogen-bond acceptors (Lipinski definition) is 2. The number of amides is 1. The Labute approximate surface area is 107 Å². The van der Waals surface area contributed by atoms with Gasteiger partial charge in [-0.3, -0.25) is 4.79 Å². The van der Waals surface area contributed by atoms with Crippen molar-refractivity contribution < 1.29 is 4.79 Å². The lowest BCUT2D eigenvalue weighted by atomic mass is 10.3. The number of carbonyl (C=O) groups excluding carboxylic acids is 1. The monoisotopic (exact) mass is 245 g/mol. The molecular weight excluding hydrogens is 226 g/mol. The molecule has 1 N–H and O–H groups in total. The number of nitrogens with zero attached hydrogens (tertiary/aromatic N) is 2. The average molecular weight is 245 g/mol. The second-order valence-electron chi connectivity index (χ2n) is 4.31. The predicted octanol–water partition coefficient (Wildman–Crippen LogP) is 2.12. The van der Waals surface area contributed by atoms with Crippen LogP contribution in [0.2, 0.25) is 0 Å². The van der Waals surface area contributed by atoms with Gasteiger partial charge in [0, 0.05) is 13.0 Å². The van der Waals surface area contributed by atoms with E-state index in [1.54, 1.807) is 0 Å². The fourth-order valence-corrected chi connectivity index (χ4v) is 2.11. The normalized spacial score (nSPS) is 10.8. The summed E-state index contributed by atoms with van der Waals surface area (Å²) in [5.74, 6) is 1.03. The van der Waals surface area contributed by atoms with Crippen LogP contribution in [0.3, 0.4) is 0 Å². The first-order valence-electron chi connectivity index (χ1n) is 6.47. The van der Waals surface area contributed by atoms with Crippen molar-refractivity contribution in [2.75, 3.05) is 6.54 Å². The highest BCUT2D eigenvalue weighted by Gasteiger charge is 2.12. The lowest BCUT2D eigenvalue weighted by Gasteiger charge is -2.08. The summed E-state index contributed by atoms with van der Waals surface area (Å²) in [4.78, 5) is 16.3. The number of rotatable bonds is 5. The molecule has 96 valence electrons. The molecule has 1 aromatic heterocycles. The van der Waals surface area contributed by atoms with Gasteiger partial charge in [0.1, 0.15) is 12.4 Å². The van der Waals surface area contributed by atoms with Crippen molar-refractivity contribution in [3.05, 3.63) is 30.1 Å². The van der Waals surface area contributed by atoms with E-state index in [2.05, 4.69) is 17.2 Å². The third-order valence-corrected chi connectivity index (χ3v) is 2.88. The Bertz CT molecular complexity index is 545. The van der Waals surface area contributed by atoms with Crippen LogP contribution in [-0.2, 0) is 17.8 Å². The quantitative estimate of drug-likeness (QED) is 0.877. The molecular formula is C14H19N3O. The molecule has 1 heterocycles. The maximum Gasteiger partial charge on any atom is 0.239 e. The zero-order valence-electron chi connectivity index (χ0n) is 10.9. The number of carbonyl (C=O) groups is 1. The molecule has 2 rings (SSSR count). The van der Waals surface area contributed by atoms with Crippen LogP contribution in [0.5, 0.6) is 0 Å². The Morgan fingerprint density at radius 3 is 2.83 bits per heavy atom. The largest absolute Gasteiger partial charge is 0.355 e. The van der Waals surface area contributed by atoms with Gasteiger partial charge in [-0.05, 0) is 25.5 Å². The van der Waals surface area contributed by atoms with E-state index in [-0.39, 0.29) is 5.91 Å². The van der Waals surface area contributed by atoms with Gasteiger partial charge in [0.2, 0.25) is 5.91 Å². The van der Waals surface area contributed by atoms with Crippen LogP contribution < -0.4 is 5.32 Å². The Morgan fingerprint density at radius 2 is 2.11 bits per heavy atom. The molecule has 18 heavy (non-hydrogen) atoms. The van der Waals surface area contributed by atoms with E-state index >= 15 is 0 Å². The van der Waals surface area contributed by atoms with Gasteiger partial charge in [-0.25, -0.2) is 4.98 Å². The number of benzene rings is 1. The maximum absolute atomic E-state index is 11.8. The Kier molecular flexibility index (Phi) is 3.97. The van der Waals surface area contributed by atoms with Crippen LogP contribution in [0.15, 0.2) is 24.3 Å². The molecule has 0 saturated heterocycles. The highest BCUT2D eigenvalue weighted by atomic mass is 16.1. The topological polar surface area (TPSA) is 46.9 Å². The fourth-order valence-electron chi connectivity index (χ4n) is 2.11. The summed E-state index contributed by atoms with van der Waals surface area (Å²) in [5, 5.41) is 2.83. The van der Waals surface area contributed by atoms with Crippen molar-refractivity contribution in [1.82, 2.24) is 14.9 Å². The molecule has 1 aromatic carbocycles. The number of nitrogens with one attached hydrogen (secondary N) is 1. The highest BCUT2D eigenvalue weighted by molar-refractivity contribution is 5.81. The summed E-state index contributed by atoms with van der Waals surface area (Å²) in [6.07, 6.45) is 1.92. The van der Waals surface area contributed by atoms with Gasteiger partial charge in [0.05, 0.1) is 11.0 Å². The second kappa shape index (κ2) is 5.67. The lowest BCUT2D eigenvalue weighted by molar-refractivity contribution is -0.121. The second-order valence-corrected chi connectivity index (χ2v) is 4.31. The van der Waals surface area contributed by atoms with E-state index in [1.165, 1.54) is 0 Å². The zero-order valence-corrected chi connectivity index (χ0v) is 10.9. The molecule has 0 saturated carbocycles. The van der Waals surface area contributed by atoms with E-state index in [0.29, 0.717) is 13.1 Å². The van der Waals surface area contributed by atoms with Gasteiger partial charge in [-0.2, -0.15) is 0 Å². The Morgan fingerprint density at radius 1 is 1.33 bits per heavy atom. The first-order valence-corrected chi connectivity index (χ1v) is 6.47. The van der Waals surface area contributed by atoms with Crippen molar-refractivity contribution in [3.8, 4) is 0 Å². The number of aryl methyl sites for hydroxylation is 1. The number of para-hydroxylation sites is 2. The van der Waals surface area contributed by atoms with Crippen LogP contribution in [0, 0.1) is 0 Å². The number of fused-ring (bicyclic) bond motifs is 1. The summed E-state index contributed by atoms with van der Waals surface area (Å²) in [7, 11) is 0. The summed E-state index contributed by atoms with van der Waals surface area (Å²) in [6.45, 7) is 5.06. The van der Waals surface area contributed by atoms with Crippen LogP contribution in [-0.4, -0.2) is 22.0 Å². The molecule has 0 atom stereocenters. The van der Waals surface area contributed by atoms with Crippen molar-refractivity contribution in [1.29, 1.82) is 0 Å². The van der Waals surface area contributed by atoms with Crippen molar-refractivity contribution in [3.63, 3.8) is 0 Å². The molecule has 0 fully saturated rings. The molecule has 0 bridgehead atoms. The molecule has 0 radical (unpaired) electrons. The number of aromatic nitrogens is 2. The molecule has 0 aliphatic heterocycles. The van der Waals surface area contributed by atoms with E-state index in [9.17, 15) is 4.79 Å². The minimum Gasteiger partial charge on any atom is -0.355 e. The minimum atomic E-state index is 0.0398. The smallest absolute Gasteiger partial charge is 0.239 e. The average Bonchev–Trinajstić information content (AvgIpc) is 2.69. The summed E-state index contributed by atoms with van der Waals surface area (Å²) >= 11 is 0. The van der Waals surface area contributed by atoms with Crippen molar-refractivity contribution >= 4 is 16.9 Å². The van der Waals surface area contributed by atoms with Crippen LogP contribution in [0.25, 0.3) is 11.0 Å². The van der Waals surface area contributed by atoms with E-state index in [0.717, 1.165) is 29.7 Å². The number of imidazole rings is 1. The van der Waals surface area contributed by atoms with Crippen molar-refractivity contribution in [2.24, 2.45) is 0 Å². The Balaban J connectivity index is 2.38. The molecule has 0 aliphatic rings.